The van der Waals surface area contributed by atoms with Gasteiger partial charge in [0.05, 0.1) is 18.9 Å². The lowest BCUT2D eigenvalue weighted by Crippen LogP contribution is -2.29. The maximum absolute atomic E-state index is 12.9. The number of hydrogen-bond donors (Lipinski definition) is 1. The molecule has 2 aromatic rings. The minimum Gasteiger partial charge on any atom is -0.475 e. The van der Waals surface area contributed by atoms with Crippen LogP contribution < -0.4 is 4.90 Å². The van der Waals surface area contributed by atoms with E-state index in [0.717, 1.165) is 32.7 Å². The Labute approximate surface area is 161 Å². The second-order valence-electron chi connectivity index (χ2n) is 6.55. The number of alkyl halides is 3. The molecule has 0 aromatic carbocycles. The summed E-state index contributed by atoms with van der Waals surface area (Å²) in [7, 11) is 0. The molecule has 0 saturated carbocycles. The maximum Gasteiger partial charge on any atom is 0.490 e. The predicted octanol–water partition coefficient (Wildman–Crippen LogP) is 2.27. The van der Waals surface area contributed by atoms with Crippen LogP contribution in [-0.4, -0.2) is 63.3 Å². The average Bonchev–Trinajstić information content (AvgIpc) is 3.32. The van der Waals surface area contributed by atoms with Crippen molar-refractivity contribution in [3.63, 3.8) is 0 Å². The molecule has 0 amide bonds. The molecule has 2 aliphatic heterocycles. The summed E-state index contributed by atoms with van der Waals surface area (Å²) in [6, 6.07) is 0. The van der Waals surface area contributed by atoms with E-state index in [0.29, 0.717) is 17.8 Å². The summed E-state index contributed by atoms with van der Waals surface area (Å²) in [5.41, 5.74) is 0. The predicted molar refractivity (Wildman–Crippen MR) is 92.3 cm³/mol. The van der Waals surface area contributed by atoms with Crippen LogP contribution in [-0.2, 0) is 11.3 Å². The molecule has 7 nitrogen and oxygen atoms in total. The van der Waals surface area contributed by atoms with Gasteiger partial charge in [-0.05, 0) is 11.8 Å². The molecule has 0 aliphatic carbocycles. The number of thiazole rings is 1. The molecule has 0 bridgehead atoms. The number of fused-ring (bicyclic) bond motifs is 1. The van der Waals surface area contributed by atoms with E-state index in [2.05, 4.69) is 24.8 Å². The van der Waals surface area contributed by atoms with Crippen molar-refractivity contribution in [3.05, 3.63) is 34.8 Å². The number of aliphatic carboxylic acids is 1. The number of halogens is 4. The molecule has 28 heavy (non-hydrogen) atoms. The van der Waals surface area contributed by atoms with Gasteiger partial charge in [-0.2, -0.15) is 13.2 Å². The molecule has 1 N–H and O–H groups in total. The van der Waals surface area contributed by atoms with Crippen molar-refractivity contribution >= 4 is 23.3 Å². The molecular weight excluding hydrogens is 402 g/mol. The van der Waals surface area contributed by atoms with Crippen LogP contribution >= 0.6 is 11.3 Å². The number of hydrogen-bond acceptors (Lipinski definition) is 7. The van der Waals surface area contributed by atoms with E-state index in [1.165, 1.54) is 17.4 Å². The van der Waals surface area contributed by atoms with E-state index in [1.54, 1.807) is 11.3 Å². The number of anilines is 1. The van der Waals surface area contributed by atoms with Crippen molar-refractivity contribution in [2.24, 2.45) is 11.8 Å². The van der Waals surface area contributed by atoms with E-state index < -0.39 is 12.1 Å². The fourth-order valence-electron chi connectivity index (χ4n) is 3.37. The SMILES string of the molecule is Fc1cnc(N2C[C@H]3CN(Cc4nccs4)C[C@H]3C2)nc1.O=C(O)C(F)(F)F. The molecule has 152 valence electrons. The van der Waals surface area contributed by atoms with Crippen LogP contribution in [0.15, 0.2) is 24.0 Å². The highest BCUT2D eigenvalue weighted by molar-refractivity contribution is 7.09. The molecule has 0 unspecified atom stereocenters. The molecule has 4 heterocycles. The Morgan fingerprint density at radius 3 is 2.18 bits per heavy atom. The Morgan fingerprint density at radius 2 is 1.71 bits per heavy atom. The zero-order valence-electron chi connectivity index (χ0n) is 14.5. The first-order valence-corrected chi connectivity index (χ1v) is 9.23. The largest absolute Gasteiger partial charge is 0.490 e. The quantitative estimate of drug-likeness (QED) is 0.765. The molecule has 12 heteroatoms. The molecule has 2 aliphatic rings. The summed E-state index contributed by atoms with van der Waals surface area (Å²) in [5, 5.41) is 10.3. The topological polar surface area (TPSA) is 82.5 Å². The average molecular weight is 419 g/mol. The van der Waals surface area contributed by atoms with E-state index in [-0.39, 0.29) is 5.82 Å². The third-order valence-corrected chi connectivity index (χ3v) is 5.30. The number of carboxylic acids is 1. The van der Waals surface area contributed by atoms with Crippen molar-refractivity contribution in [1.82, 2.24) is 19.9 Å². The van der Waals surface area contributed by atoms with Gasteiger partial charge in [0, 0.05) is 37.8 Å². The summed E-state index contributed by atoms with van der Waals surface area (Å²) in [6.45, 7) is 5.08. The third-order valence-electron chi connectivity index (χ3n) is 4.54. The van der Waals surface area contributed by atoms with Crippen LogP contribution in [0.25, 0.3) is 0 Å². The lowest BCUT2D eigenvalue weighted by Gasteiger charge is -2.20. The Balaban J connectivity index is 0.000000279. The Hall–Kier alpha value is -2.34. The van der Waals surface area contributed by atoms with Crippen LogP contribution in [0.4, 0.5) is 23.5 Å². The first-order chi connectivity index (χ1) is 13.2. The van der Waals surface area contributed by atoms with Gasteiger partial charge < -0.3 is 10.0 Å². The summed E-state index contributed by atoms with van der Waals surface area (Å²) >= 11 is 1.72. The second-order valence-corrected chi connectivity index (χ2v) is 7.53. The molecule has 4 rings (SSSR count). The number of carbonyl (C=O) groups is 1. The van der Waals surface area contributed by atoms with E-state index in [9.17, 15) is 17.6 Å². The Bertz CT molecular complexity index is 773. The smallest absolute Gasteiger partial charge is 0.475 e. The molecule has 2 aromatic heterocycles. The lowest BCUT2D eigenvalue weighted by atomic mass is 10.0. The zero-order valence-corrected chi connectivity index (χ0v) is 15.3. The molecule has 0 spiro atoms. The minimum atomic E-state index is -5.08. The van der Waals surface area contributed by atoms with Gasteiger partial charge in [-0.1, -0.05) is 0 Å². The van der Waals surface area contributed by atoms with Crippen molar-refractivity contribution in [1.29, 1.82) is 0 Å². The summed E-state index contributed by atoms with van der Waals surface area (Å²) < 4.78 is 44.6. The number of carboxylic acid groups (broad SMARTS) is 1. The van der Waals surface area contributed by atoms with Gasteiger partial charge in [0.2, 0.25) is 5.95 Å². The minimum absolute atomic E-state index is 0.382. The third kappa shape index (κ3) is 5.13. The van der Waals surface area contributed by atoms with E-state index in [4.69, 9.17) is 9.90 Å². The van der Waals surface area contributed by atoms with Crippen molar-refractivity contribution < 1.29 is 27.5 Å². The molecule has 0 radical (unpaired) electrons. The fraction of sp³-hybridized carbons (Fsp3) is 0.500. The van der Waals surface area contributed by atoms with Crippen LogP contribution in [0.3, 0.4) is 0 Å². The fourth-order valence-corrected chi connectivity index (χ4v) is 4.03. The van der Waals surface area contributed by atoms with Crippen LogP contribution in [0.2, 0.25) is 0 Å². The van der Waals surface area contributed by atoms with Gasteiger partial charge in [-0.15, -0.1) is 11.3 Å². The summed E-state index contributed by atoms with van der Waals surface area (Å²) in [5.74, 6) is -1.19. The van der Waals surface area contributed by atoms with Crippen molar-refractivity contribution in [2.75, 3.05) is 31.1 Å². The Morgan fingerprint density at radius 1 is 1.14 bits per heavy atom. The van der Waals surface area contributed by atoms with Gasteiger partial charge >= 0.3 is 12.1 Å². The zero-order chi connectivity index (χ0) is 20.3. The van der Waals surface area contributed by atoms with Crippen LogP contribution in [0.5, 0.6) is 0 Å². The molecule has 2 fully saturated rings. The van der Waals surface area contributed by atoms with Crippen LogP contribution in [0.1, 0.15) is 5.01 Å². The van der Waals surface area contributed by atoms with Gasteiger partial charge in [-0.25, -0.2) is 24.1 Å². The standard InChI is InChI=1S/C14H16FN5S.C2HF3O2/c15-12-3-17-14(18-4-12)20-7-10-5-19(6-11(10)8-20)9-13-16-1-2-21-13;3-2(4,5)1(6)7/h1-4,10-11H,5-9H2;(H,6,7)/t10-,11+;. The highest BCUT2D eigenvalue weighted by Crippen LogP contribution is 2.33. The normalized spacial score (nSPS) is 21.9. The summed E-state index contributed by atoms with van der Waals surface area (Å²) in [4.78, 5) is 26.1. The molecule has 2 atom stereocenters. The van der Waals surface area contributed by atoms with E-state index in [1.807, 2.05) is 11.6 Å². The van der Waals surface area contributed by atoms with E-state index >= 15 is 0 Å². The van der Waals surface area contributed by atoms with Gasteiger partial charge in [0.25, 0.3) is 0 Å². The van der Waals surface area contributed by atoms with Gasteiger partial charge in [-0.3, -0.25) is 4.90 Å². The number of aromatic nitrogens is 3. The van der Waals surface area contributed by atoms with Crippen molar-refractivity contribution in [3.8, 4) is 0 Å². The number of likely N-dealkylation sites (tertiary alicyclic amines) is 1. The molecule has 2 saturated heterocycles. The first kappa shape index (κ1) is 20.4. The number of nitrogens with zero attached hydrogens (tertiary/aromatic N) is 5. The summed E-state index contributed by atoms with van der Waals surface area (Å²) in [6.07, 6.45) is -0.735. The number of rotatable bonds is 3. The Kier molecular flexibility index (Phi) is 6.08. The first-order valence-electron chi connectivity index (χ1n) is 8.35. The maximum atomic E-state index is 12.9. The van der Waals surface area contributed by atoms with Gasteiger partial charge in [0.15, 0.2) is 5.82 Å². The lowest BCUT2D eigenvalue weighted by molar-refractivity contribution is -0.192. The monoisotopic (exact) mass is 419 g/mol. The highest BCUT2D eigenvalue weighted by atomic mass is 32.1. The van der Waals surface area contributed by atoms with Crippen molar-refractivity contribution in [2.45, 2.75) is 12.7 Å². The second kappa shape index (κ2) is 8.35. The van der Waals surface area contributed by atoms with Crippen LogP contribution in [0, 0.1) is 17.7 Å². The molecular formula is C16H17F4N5O2S. The highest BCUT2D eigenvalue weighted by Gasteiger charge is 2.41. The van der Waals surface area contributed by atoms with Gasteiger partial charge in [0.1, 0.15) is 5.01 Å².